The van der Waals surface area contributed by atoms with Crippen LogP contribution in [0.4, 0.5) is 19.0 Å². The van der Waals surface area contributed by atoms with E-state index in [1.54, 1.807) is 6.92 Å². The largest absolute Gasteiger partial charge is 0.405 e. The van der Waals surface area contributed by atoms with Crippen molar-refractivity contribution in [3.63, 3.8) is 0 Å². The summed E-state index contributed by atoms with van der Waals surface area (Å²) in [4.78, 5) is 27.3. The van der Waals surface area contributed by atoms with Crippen LogP contribution in [0.1, 0.15) is 31.4 Å². The number of allylic oxidation sites excluding steroid dienone is 2. The van der Waals surface area contributed by atoms with E-state index in [1.165, 1.54) is 10.9 Å². The zero-order valence-corrected chi connectivity index (χ0v) is 17.8. The zero-order chi connectivity index (χ0) is 23.0. The fourth-order valence-corrected chi connectivity index (χ4v) is 3.70. The Labute approximate surface area is 181 Å². The summed E-state index contributed by atoms with van der Waals surface area (Å²) in [5, 5.41) is 5.10. The van der Waals surface area contributed by atoms with Crippen LogP contribution in [0.5, 0.6) is 0 Å². The SMILES string of the molecule is CCn1c(C(=O)NCC(F)(F)F)nc2c(NC3=CC=C4NNC(C(C)C)N4C3)ncnc21. The van der Waals surface area contributed by atoms with Crippen LogP contribution in [0.2, 0.25) is 0 Å². The highest BCUT2D eigenvalue weighted by molar-refractivity contribution is 5.96. The van der Waals surface area contributed by atoms with Gasteiger partial charge in [-0.2, -0.15) is 13.2 Å². The van der Waals surface area contributed by atoms with Gasteiger partial charge in [-0.15, -0.1) is 0 Å². The Balaban J connectivity index is 1.60. The number of anilines is 1. The first-order chi connectivity index (χ1) is 15.2. The van der Waals surface area contributed by atoms with E-state index in [2.05, 4.69) is 49.9 Å². The molecule has 4 rings (SSSR count). The lowest BCUT2D eigenvalue weighted by molar-refractivity contribution is -0.123. The van der Waals surface area contributed by atoms with Gasteiger partial charge in [0.25, 0.3) is 5.91 Å². The van der Waals surface area contributed by atoms with E-state index in [0.29, 0.717) is 36.0 Å². The first-order valence-corrected chi connectivity index (χ1v) is 10.2. The summed E-state index contributed by atoms with van der Waals surface area (Å²) >= 11 is 0. The second kappa shape index (κ2) is 8.30. The molecule has 2 aromatic heterocycles. The highest BCUT2D eigenvalue weighted by atomic mass is 19.4. The molecular weight excluding hydrogens is 427 g/mol. The fourth-order valence-electron chi connectivity index (χ4n) is 3.70. The predicted octanol–water partition coefficient (Wildman–Crippen LogP) is 1.68. The van der Waals surface area contributed by atoms with Crippen molar-refractivity contribution in [2.24, 2.45) is 5.92 Å². The van der Waals surface area contributed by atoms with Gasteiger partial charge in [0.15, 0.2) is 17.0 Å². The number of nitrogens with zero attached hydrogens (tertiary/aromatic N) is 5. The molecule has 10 nitrogen and oxygen atoms in total. The van der Waals surface area contributed by atoms with Gasteiger partial charge in [-0.3, -0.25) is 4.79 Å². The van der Waals surface area contributed by atoms with Crippen LogP contribution < -0.4 is 21.5 Å². The number of hydrazine groups is 1. The second-order valence-corrected chi connectivity index (χ2v) is 7.83. The molecule has 4 N–H and O–H groups in total. The van der Waals surface area contributed by atoms with Gasteiger partial charge in [0, 0.05) is 12.2 Å². The molecule has 2 aliphatic rings. The number of aryl methyl sites for hydroxylation is 1. The van der Waals surface area contributed by atoms with E-state index < -0.39 is 18.6 Å². The molecular formula is C19H24F3N9O. The highest BCUT2D eigenvalue weighted by Crippen LogP contribution is 2.26. The minimum atomic E-state index is -4.52. The minimum absolute atomic E-state index is 0.111. The van der Waals surface area contributed by atoms with Gasteiger partial charge in [0.05, 0.1) is 6.54 Å². The number of imidazole rings is 1. The fraction of sp³-hybridized carbons (Fsp3) is 0.474. The summed E-state index contributed by atoms with van der Waals surface area (Å²) in [5.74, 6) is 0.614. The molecule has 13 heteroatoms. The zero-order valence-electron chi connectivity index (χ0n) is 17.8. The van der Waals surface area contributed by atoms with Gasteiger partial charge in [-0.05, 0) is 25.0 Å². The van der Waals surface area contributed by atoms with Gasteiger partial charge in [-0.25, -0.2) is 20.4 Å². The number of amides is 1. The molecule has 0 radical (unpaired) electrons. The first kappa shape index (κ1) is 21.9. The molecule has 32 heavy (non-hydrogen) atoms. The number of hydrogen-bond acceptors (Lipinski definition) is 8. The standard InChI is InChI=1S/C19H24F3N9O/c1-4-30-16-13(27-17(30)18(32)23-8-19(20,21)22)14(24-9-25-16)26-11-5-6-12-28-29-15(10(2)3)31(12)7-11/h5-6,9-10,15,28-29H,4,7-8H2,1-3H3,(H,23,32)(H,24,25,26). The third-order valence-corrected chi connectivity index (χ3v) is 5.19. The summed E-state index contributed by atoms with van der Waals surface area (Å²) < 4.78 is 39.0. The molecule has 1 unspecified atom stereocenters. The van der Waals surface area contributed by atoms with Crippen molar-refractivity contribution in [1.29, 1.82) is 0 Å². The maximum Gasteiger partial charge on any atom is 0.405 e. The van der Waals surface area contributed by atoms with Crippen molar-refractivity contribution in [1.82, 2.24) is 40.6 Å². The Kier molecular flexibility index (Phi) is 5.67. The van der Waals surface area contributed by atoms with Crippen LogP contribution in [0.25, 0.3) is 11.2 Å². The molecule has 0 aromatic carbocycles. The number of hydrogen-bond donors (Lipinski definition) is 4. The van der Waals surface area contributed by atoms with Crippen LogP contribution >= 0.6 is 0 Å². The molecule has 0 bridgehead atoms. The van der Waals surface area contributed by atoms with Crippen molar-refractivity contribution in [2.75, 3.05) is 18.4 Å². The van der Waals surface area contributed by atoms with E-state index in [9.17, 15) is 18.0 Å². The molecule has 0 spiro atoms. The molecule has 2 aromatic rings. The number of nitrogens with one attached hydrogen (secondary N) is 4. The summed E-state index contributed by atoms with van der Waals surface area (Å²) in [6.07, 6.45) is 0.764. The van der Waals surface area contributed by atoms with Gasteiger partial charge >= 0.3 is 6.18 Å². The maximum absolute atomic E-state index is 12.5. The van der Waals surface area contributed by atoms with Gasteiger partial charge in [-0.1, -0.05) is 13.8 Å². The average molecular weight is 451 g/mol. The Hall–Kier alpha value is -3.35. The average Bonchev–Trinajstić information content (AvgIpc) is 3.33. The Bertz CT molecular complexity index is 1090. The number of fused-ring (bicyclic) bond motifs is 2. The van der Waals surface area contributed by atoms with Crippen molar-refractivity contribution < 1.29 is 18.0 Å². The third-order valence-electron chi connectivity index (χ3n) is 5.19. The topological polar surface area (TPSA) is 112 Å². The maximum atomic E-state index is 12.5. The Morgan fingerprint density at radius 1 is 1.31 bits per heavy atom. The number of halogens is 3. The van der Waals surface area contributed by atoms with Crippen molar-refractivity contribution >= 4 is 22.9 Å². The molecule has 0 saturated carbocycles. The van der Waals surface area contributed by atoms with Crippen molar-refractivity contribution in [3.8, 4) is 0 Å². The Morgan fingerprint density at radius 3 is 2.78 bits per heavy atom. The molecule has 1 atom stereocenters. The van der Waals surface area contributed by atoms with Crippen LogP contribution in [0.15, 0.2) is 30.0 Å². The molecule has 2 aliphatic heterocycles. The summed E-state index contributed by atoms with van der Waals surface area (Å²) in [6.45, 7) is 5.43. The van der Waals surface area contributed by atoms with Crippen LogP contribution in [0.3, 0.4) is 0 Å². The summed E-state index contributed by atoms with van der Waals surface area (Å²) in [5.41, 5.74) is 7.92. The summed E-state index contributed by atoms with van der Waals surface area (Å²) in [7, 11) is 0. The summed E-state index contributed by atoms with van der Waals surface area (Å²) in [6, 6.07) is 0. The molecule has 1 amide bonds. The predicted molar refractivity (Wildman–Crippen MR) is 111 cm³/mol. The third kappa shape index (κ3) is 4.20. The van der Waals surface area contributed by atoms with E-state index in [1.807, 2.05) is 17.5 Å². The van der Waals surface area contributed by atoms with Gasteiger partial charge in [0.1, 0.15) is 24.9 Å². The van der Waals surface area contributed by atoms with E-state index >= 15 is 0 Å². The van der Waals surface area contributed by atoms with E-state index in [0.717, 1.165) is 11.5 Å². The molecule has 0 aliphatic carbocycles. The number of carbonyl (C=O) groups excluding carboxylic acids is 1. The highest BCUT2D eigenvalue weighted by Gasteiger charge is 2.32. The number of rotatable bonds is 6. The number of aromatic nitrogens is 4. The monoisotopic (exact) mass is 451 g/mol. The lowest BCUT2D eigenvalue weighted by atomic mass is 10.1. The lowest BCUT2D eigenvalue weighted by Crippen LogP contribution is -2.42. The first-order valence-electron chi connectivity index (χ1n) is 10.2. The van der Waals surface area contributed by atoms with Crippen molar-refractivity contribution in [3.05, 3.63) is 35.8 Å². The van der Waals surface area contributed by atoms with Crippen LogP contribution in [0, 0.1) is 5.92 Å². The smallest absolute Gasteiger partial charge is 0.340 e. The second-order valence-electron chi connectivity index (χ2n) is 7.83. The normalized spacial score (nSPS) is 18.3. The molecule has 4 heterocycles. The van der Waals surface area contributed by atoms with Crippen LogP contribution in [-0.4, -0.2) is 55.8 Å². The van der Waals surface area contributed by atoms with Crippen molar-refractivity contribution in [2.45, 2.75) is 39.7 Å². The molecule has 1 saturated heterocycles. The van der Waals surface area contributed by atoms with E-state index in [-0.39, 0.29) is 12.0 Å². The molecule has 172 valence electrons. The van der Waals surface area contributed by atoms with E-state index in [4.69, 9.17) is 0 Å². The molecule has 1 fully saturated rings. The van der Waals surface area contributed by atoms with Crippen LogP contribution in [-0.2, 0) is 6.54 Å². The quantitative estimate of drug-likeness (QED) is 0.525. The number of carbonyl (C=O) groups is 1. The Morgan fingerprint density at radius 2 is 2.09 bits per heavy atom. The minimum Gasteiger partial charge on any atom is -0.340 e. The van der Waals surface area contributed by atoms with Gasteiger partial charge in [0.2, 0.25) is 5.82 Å². The lowest BCUT2D eigenvalue weighted by Gasteiger charge is -2.30. The number of alkyl halides is 3. The van der Waals surface area contributed by atoms with Gasteiger partial charge < -0.3 is 25.5 Å².